The summed E-state index contributed by atoms with van der Waals surface area (Å²) in [6.45, 7) is 5.49. The van der Waals surface area contributed by atoms with Crippen LogP contribution in [0.5, 0.6) is 5.75 Å². The van der Waals surface area contributed by atoms with Gasteiger partial charge in [0.05, 0.1) is 0 Å². The first-order valence-electron chi connectivity index (χ1n) is 8.89. The lowest BCUT2D eigenvalue weighted by molar-refractivity contribution is -0.118. The molecule has 7 nitrogen and oxygen atoms in total. The first-order chi connectivity index (χ1) is 13.9. The average Bonchev–Trinajstić information content (AvgIpc) is 3.22. The lowest BCUT2D eigenvalue weighted by Gasteiger charge is -2.07. The summed E-state index contributed by atoms with van der Waals surface area (Å²) >= 11 is 1.17. The molecule has 0 fully saturated rings. The van der Waals surface area contributed by atoms with Gasteiger partial charge in [-0.1, -0.05) is 29.5 Å². The molecule has 0 radical (unpaired) electrons. The molecule has 148 valence electrons. The maximum atomic E-state index is 13.9. The number of halogens is 1. The van der Waals surface area contributed by atoms with Gasteiger partial charge in [-0.05, 0) is 55.7 Å². The maximum Gasteiger partial charge on any atom is 0.264 e. The number of benzene rings is 2. The van der Waals surface area contributed by atoms with Crippen LogP contribution in [0, 0.1) is 26.6 Å². The van der Waals surface area contributed by atoms with Gasteiger partial charge < -0.3 is 4.74 Å². The van der Waals surface area contributed by atoms with Gasteiger partial charge in [-0.3, -0.25) is 10.1 Å². The van der Waals surface area contributed by atoms with Crippen molar-refractivity contribution >= 4 is 27.3 Å². The molecule has 1 N–H and O–H groups in total. The number of ether oxygens (including phenoxy) is 1. The van der Waals surface area contributed by atoms with Crippen LogP contribution >= 0.6 is 11.3 Å². The standard InChI is InChI=1S/C20H18FN5O2S/c1-11-6-12(2)8-15(7-11)28-10-17(27)22-19-25-26-18(23-24-20(26)29-19)14-5-4-13(3)16(21)9-14/h4-9H,10H2,1-3H3,(H,22,25,27). The summed E-state index contributed by atoms with van der Waals surface area (Å²) in [7, 11) is 0. The fourth-order valence-electron chi connectivity index (χ4n) is 2.90. The number of nitrogens with one attached hydrogen (secondary N) is 1. The monoisotopic (exact) mass is 411 g/mol. The van der Waals surface area contributed by atoms with Crippen molar-refractivity contribution in [3.63, 3.8) is 0 Å². The maximum absolute atomic E-state index is 13.9. The van der Waals surface area contributed by atoms with Crippen LogP contribution < -0.4 is 10.1 Å². The van der Waals surface area contributed by atoms with Crippen molar-refractivity contribution in [1.82, 2.24) is 19.8 Å². The SMILES string of the molecule is Cc1cc(C)cc(OCC(=O)Nc2nn3c(-c4ccc(C)c(F)c4)nnc3s2)c1. The Hall–Kier alpha value is -3.33. The third-order valence-electron chi connectivity index (χ3n) is 4.23. The Balaban J connectivity index is 1.48. The number of carbonyl (C=O) groups excluding carboxylic acids is 1. The zero-order valence-corrected chi connectivity index (χ0v) is 16.9. The van der Waals surface area contributed by atoms with Crippen LogP contribution in [0.2, 0.25) is 0 Å². The minimum Gasteiger partial charge on any atom is -0.484 e. The Morgan fingerprint density at radius 3 is 2.62 bits per heavy atom. The summed E-state index contributed by atoms with van der Waals surface area (Å²) in [4.78, 5) is 12.7. The van der Waals surface area contributed by atoms with E-state index in [1.54, 1.807) is 19.1 Å². The number of hydrogen-bond acceptors (Lipinski definition) is 6. The molecule has 0 saturated carbocycles. The zero-order valence-electron chi connectivity index (χ0n) is 16.1. The molecule has 0 atom stereocenters. The van der Waals surface area contributed by atoms with E-state index in [0.717, 1.165) is 11.1 Å². The molecule has 29 heavy (non-hydrogen) atoms. The minimum absolute atomic E-state index is 0.140. The summed E-state index contributed by atoms with van der Waals surface area (Å²) in [5, 5.41) is 15.5. The lowest BCUT2D eigenvalue weighted by atomic mass is 10.1. The number of fused-ring (bicyclic) bond motifs is 1. The van der Waals surface area contributed by atoms with Gasteiger partial charge >= 0.3 is 0 Å². The van der Waals surface area contributed by atoms with E-state index in [9.17, 15) is 9.18 Å². The van der Waals surface area contributed by atoms with Gasteiger partial charge in [0, 0.05) is 5.56 Å². The third-order valence-corrected chi connectivity index (χ3v) is 5.05. The largest absolute Gasteiger partial charge is 0.484 e. The average molecular weight is 411 g/mol. The number of aromatic nitrogens is 4. The summed E-state index contributed by atoms with van der Waals surface area (Å²) < 4.78 is 20.9. The number of rotatable bonds is 5. The van der Waals surface area contributed by atoms with E-state index in [0.29, 0.717) is 32.8 Å². The molecule has 0 aliphatic carbocycles. The molecule has 0 aliphatic heterocycles. The van der Waals surface area contributed by atoms with Crippen LogP contribution in [-0.2, 0) is 4.79 Å². The Kier molecular flexibility index (Phi) is 4.98. The molecule has 0 saturated heterocycles. The second-order valence-electron chi connectivity index (χ2n) is 6.75. The van der Waals surface area contributed by atoms with Gasteiger partial charge in [-0.15, -0.1) is 15.3 Å². The molecule has 4 aromatic rings. The number of anilines is 1. The summed E-state index contributed by atoms with van der Waals surface area (Å²) in [5.41, 5.74) is 3.23. The van der Waals surface area contributed by atoms with Gasteiger partial charge in [0.25, 0.3) is 5.91 Å². The Morgan fingerprint density at radius 2 is 1.90 bits per heavy atom. The van der Waals surface area contributed by atoms with Crippen LogP contribution in [0.3, 0.4) is 0 Å². The van der Waals surface area contributed by atoms with Crippen molar-refractivity contribution in [2.75, 3.05) is 11.9 Å². The van der Waals surface area contributed by atoms with Gasteiger partial charge in [-0.25, -0.2) is 4.39 Å². The highest BCUT2D eigenvalue weighted by molar-refractivity contribution is 7.20. The molecule has 2 aromatic heterocycles. The summed E-state index contributed by atoms with van der Waals surface area (Å²) in [5.74, 6) is 0.380. The topological polar surface area (TPSA) is 81.4 Å². The number of hydrogen-bond donors (Lipinski definition) is 1. The zero-order chi connectivity index (χ0) is 20.5. The summed E-state index contributed by atoms with van der Waals surface area (Å²) in [6.07, 6.45) is 0. The van der Waals surface area contributed by atoms with Crippen molar-refractivity contribution in [3.05, 3.63) is 58.9 Å². The van der Waals surface area contributed by atoms with E-state index >= 15 is 0 Å². The molecule has 9 heteroatoms. The highest BCUT2D eigenvalue weighted by Gasteiger charge is 2.16. The Bertz CT molecular complexity index is 1200. The van der Waals surface area contributed by atoms with Crippen molar-refractivity contribution in [1.29, 1.82) is 0 Å². The highest BCUT2D eigenvalue weighted by atomic mass is 32.1. The third kappa shape index (κ3) is 4.09. The van der Waals surface area contributed by atoms with Gasteiger partial charge in [0.1, 0.15) is 11.6 Å². The first-order valence-corrected chi connectivity index (χ1v) is 9.70. The van der Waals surface area contributed by atoms with Crippen LogP contribution in [0.15, 0.2) is 36.4 Å². The minimum atomic E-state index is -0.336. The highest BCUT2D eigenvalue weighted by Crippen LogP contribution is 2.25. The normalized spacial score (nSPS) is 11.0. The summed E-state index contributed by atoms with van der Waals surface area (Å²) in [6, 6.07) is 10.6. The van der Waals surface area contributed by atoms with E-state index < -0.39 is 0 Å². The van der Waals surface area contributed by atoms with E-state index in [1.807, 2.05) is 32.0 Å². The fourth-order valence-corrected chi connectivity index (χ4v) is 3.66. The molecule has 4 rings (SSSR count). The van der Waals surface area contributed by atoms with Gasteiger partial charge in [-0.2, -0.15) is 4.52 Å². The van der Waals surface area contributed by atoms with E-state index in [1.165, 1.54) is 21.9 Å². The van der Waals surface area contributed by atoms with E-state index in [4.69, 9.17) is 4.74 Å². The Morgan fingerprint density at radius 1 is 1.14 bits per heavy atom. The van der Waals surface area contributed by atoms with E-state index in [-0.39, 0.29) is 18.3 Å². The van der Waals surface area contributed by atoms with Crippen LogP contribution in [0.4, 0.5) is 9.52 Å². The van der Waals surface area contributed by atoms with Crippen molar-refractivity contribution in [3.8, 4) is 17.1 Å². The van der Waals surface area contributed by atoms with Gasteiger partial charge in [0.2, 0.25) is 10.1 Å². The first kappa shape index (κ1) is 19.0. The van der Waals surface area contributed by atoms with Crippen molar-refractivity contribution < 1.29 is 13.9 Å². The quantitative estimate of drug-likeness (QED) is 0.538. The molecule has 0 unspecified atom stereocenters. The number of nitrogens with zero attached hydrogens (tertiary/aromatic N) is 4. The predicted octanol–water partition coefficient (Wildman–Crippen LogP) is 3.93. The Labute approximate surface area is 170 Å². The predicted molar refractivity (Wildman–Crippen MR) is 109 cm³/mol. The second-order valence-corrected chi connectivity index (χ2v) is 7.71. The number of carbonyl (C=O) groups is 1. The van der Waals surface area contributed by atoms with E-state index in [2.05, 4.69) is 20.6 Å². The van der Waals surface area contributed by atoms with Crippen LogP contribution in [-0.4, -0.2) is 32.3 Å². The molecule has 2 heterocycles. The van der Waals surface area contributed by atoms with Crippen LogP contribution in [0.25, 0.3) is 16.3 Å². The van der Waals surface area contributed by atoms with Crippen LogP contribution in [0.1, 0.15) is 16.7 Å². The van der Waals surface area contributed by atoms with Gasteiger partial charge in [0.15, 0.2) is 12.4 Å². The molecular formula is C20H18FN5O2S. The molecular weight excluding hydrogens is 393 g/mol. The smallest absolute Gasteiger partial charge is 0.264 e. The molecule has 0 aliphatic rings. The molecule has 0 bridgehead atoms. The van der Waals surface area contributed by atoms with Crippen molar-refractivity contribution in [2.45, 2.75) is 20.8 Å². The molecule has 0 spiro atoms. The lowest BCUT2D eigenvalue weighted by Crippen LogP contribution is -2.20. The second kappa shape index (κ2) is 7.59. The number of aryl methyl sites for hydroxylation is 3. The molecule has 2 aromatic carbocycles. The molecule has 1 amide bonds. The fraction of sp³-hybridized carbons (Fsp3) is 0.200. The number of amides is 1. The van der Waals surface area contributed by atoms with Crippen molar-refractivity contribution in [2.24, 2.45) is 0 Å².